The number of fused-ring (bicyclic) bond motifs is 1. The van der Waals surface area contributed by atoms with Crippen molar-refractivity contribution in [1.29, 1.82) is 0 Å². The summed E-state index contributed by atoms with van der Waals surface area (Å²) < 4.78 is 0. The van der Waals surface area contributed by atoms with Crippen molar-refractivity contribution in [2.75, 3.05) is 0 Å². The highest BCUT2D eigenvalue weighted by Crippen LogP contribution is 2.47. The van der Waals surface area contributed by atoms with Crippen molar-refractivity contribution < 1.29 is 4.79 Å². The van der Waals surface area contributed by atoms with E-state index in [0.717, 1.165) is 6.42 Å². The number of hydrogen-bond donors (Lipinski definition) is 0. The molecule has 0 bridgehead atoms. The minimum Gasteiger partial charge on any atom is -0.299 e. The number of allylic oxidation sites excluding steroid dienone is 1. The Kier molecular flexibility index (Phi) is 3.23. The molecule has 0 unspecified atom stereocenters. The Bertz CT molecular complexity index is 305. The number of hydrogen-bond acceptors (Lipinski definition) is 1. The molecular formula is C15H24O. The molecule has 0 spiro atoms. The van der Waals surface area contributed by atoms with Gasteiger partial charge in [0.15, 0.2) is 0 Å². The molecule has 0 heterocycles. The van der Waals surface area contributed by atoms with Crippen LogP contribution in [0.2, 0.25) is 0 Å². The Balaban J connectivity index is 2.21. The number of carbonyl (C=O) groups excluding carboxylic acids is 1. The van der Waals surface area contributed by atoms with Gasteiger partial charge in [0.1, 0.15) is 5.78 Å². The lowest BCUT2D eigenvalue weighted by Crippen LogP contribution is -2.22. The number of rotatable bonds is 1. The topological polar surface area (TPSA) is 17.1 Å². The van der Waals surface area contributed by atoms with Gasteiger partial charge < -0.3 is 0 Å². The molecule has 2 rings (SSSR count). The van der Waals surface area contributed by atoms with Gasteiger partial charge in [0.25, 0.3) is 0 Å². The van der Waals surface area contributed by atoms with Crippen molar-refractivity contribution in [2.24, 2.45) is 29.6 Å². The third kappa shape index (κ3) is 1.97. The first-order valence-corrected chi connectivity index (χ1v) is 6.68. The van der Waals surface area contributed by atoms with Crippen LogP contribution in [0.3, 0.4) is 0 Å². The van der Waals surface area contributed by atoms with Crippen molar-refractivity contribution >= 4 is 5.78 Å². The maximum atomic E-state index is 12.0. The summed E-state index contributed by atoms with van der Waals surface area (Å²) in [6.45, 7) is 10.8. The highest BCUT2D eigenvalue weighted by molar-refractivity contribution is 5.84. The SMILES string of the molecule is C=C(C)[C@@H]1CC[C@H](C)[C@H]2C(=O)C[C@H](C)[C@@H]2C1. The summed E-state index contributed by atoms with van der Waals surface area (Å²) >= 11 is 0. The van der Waals surface area contributed by atoms with Crippen molar-refractivity contribution in [1.82, 2.24) is 0 Å². The Hall–Kier alpha value is -0.590. The van der Waals surface area contributed by atoms with Crippen LogP contribution in [-0.2, 0) is 4.79 Å². The van der Waals surface area contributed by atoms with Gasteiger partial charge in [-0.1, -0.05) is 26.0 Å². The molecular weight excluding hydrogens is 196 g/mol. The zero-order valence-corrected chi connectivity index (χ0v) is 10.8. The molecule has 0 aromatic heterocycles. The van der Waals surface area contributed by atoms with E-state index in [1.165, 1.54) is 24.8 Å². The fraction of sp³-hybridized carbons (Fsp3) is 0.800. The van der Waals surface area contributed by atoms with E-state index in [2.05, 4.69) is 27.4 Å². The zero-order valence-electron chi connectivity index (χ0n) is 10.8. The minimum atomic E-state index is 0.361. The average molecular weight is 220 g/mol. The summed E-state index contributed by atoms with van der Waals surface area (Å²) in [5.41, 5.74) is 1.32. The van der Waals surface area contributed by atoms with Gasteiger partial charge in [0.05, 0.1) is 0 Å². The summed E-state index contributed by atoms with van der Waals surface area (Å²) in [6.07, 6.45) is 4.47. The van der Waals surface area contributed by atoms with Crippen LogP contribution in [0, 0.1) is 29.6 Å². The van der Waals surface area contributed by atoms with Crippen molar-refractivity contribution in [3.05, 3.63) is 12.2 Å². The van der Waals surface area contributed by atoms with E-state index in [0.29, 0.717) is 35.4 Å². The molecule has 1 heteroatoms. The van der Waals surface area contributed by atoms with E-state index < -0.39 is 0 Å². The molecule has 0 aromatic rings. The molecule has 0 N–H and O–H groups in total. The molecule has 0 radical (unpaired) electrons. The van der Waals surface area contributed by atoms with Crippen LogP contribution in [-0.4, -0.2) is 5.78 Å². The van der Waals surface area contributed by atoms with Crippen LogP contribution in [0.5, 0.6) is 0 Å². The monoisotopic (exact) mass is 220 g/mol. The highest BCUT2D eigenvalue weighted by Gasteiger charge is 2.45. The normalized spacial score (nSPS) is 43.9. The molecule has 2 saturated carbocycles. The molecule has 0 aliphatic heterocycles. The van der Waals surface area contributed by atoms with Gasteiger partial charge in [-0.2, -0.15) is 0 Å². The highest BCUT2D eigenvalue weighted by atomic mass is 16.1. The molecule has 0 aromatic carbocycles. The van der Waals surface area contributed by atoms with Gasteiger partial charge in [-0.25, -0.2) is 0 Å². The summed E-state index contributed by atoms with van der Waals surface area (Å²) in [4.78, 5) is 12.0. The largest absolute Gasteiger partial charge is 0.299 e. The smallest absolute Gasteiger partial charge is 0.136 e. The Labute approximate surface area is 99.3 Å². The fourth-order valence-corrected chi connectivity index (χ4v) is 3.85. The summed E-state index contributed by atoms with van der Waals surface area (Å²) in [5, 5.41) is 0. The van der Waals surface area contributed by atoms with E-state index >= 15 is 0 Å². The Morgan fingerprint density at radius 2 is 1.94 bits per heavy atom. The zero-order chi connectivity index (χ0) is 11.9. The van der Waals surface area contributed by atoms with E-state index in [1.54, 1.807) is 0 Å². The first-order chi connectivity index (χ1) is 7.50. The first kappa shape index (κ1) is 11.9. The fourth-order valence-electron chi connectivity index (χ4n) is 3.85. The van der Waals surface area contributed by atoms with Gasteiger partial charge in [-0.3, -0.25) is 4.79 Å². The minimum absolute atomic E-state index is 0.361. The second-order valence-corrected chi connectivity index (χ2v) is 6.17. The van der Waals surface area contributed by atoms with E-state index in [9.17, 15) is 4.79 Å². The molecule has 90 valence electrons. The van der Waals surface area contributed by atoms with Crippen molar-refractivity contribution in [3.8, 4) is 0 Å². The van der Waals surface area contributed by atoms with Crippen LogP contribution >= 0.6 is 0 Å². The van der Waals surface area contributed by atoms with Crippen molar-refractivity contribution in [2.45, 2.75) is 46.5 Å². The maximum absolute atomic E-state index is 12.0. The van der Waals surface area contributed by atoms with E-state index in [1.807, 2.05) is 0 Å². The average Bonchev–Trinajstić information content (AvgIpc) is 2.39. The van der Waals surface area contributed by atoms with Gasteiger partial charge >= 0.3 is 0 Å². The predicted octanol–water partition coefficient (Wildman–Crippen LogP) is 3.84. The Morgan fingerprint density at radius 3 is 2.56 bits per heavy atom. The summed E-state index contributed by atoms with van der Waals surface area (Å²) in [5.74, 6) is 3.37. The number of ketones is 1. The van der Waals surface area contributed by atoms with Gasteiger partial charge in [-0.05, 0) is 49.9 Å². The lowest BCUT2D eigenvalue weighted by atomic mass is 9.79. The van der Waals surface area contributed by atoms with Crippen LogP contribution < -0.4 is 0 Å². The maximum Gasteiger partial charge on any atom is 0.136 e. The molecule has 2 aliphatic rings. The third-order valence-corrected chi connectivity index (χ3v) is 4.92. The Morgan fingerprint density at radius 1 is 1.25 bits per heavy atom. The third-order valence-electron chi connectivity index (χ3n) is 4.92. The second-order valence-electron chi connectivity index (χ2n) is 6.17. The number of Topliss-reactive ketones (excluding diaryl/α,β-unsaturated/α-hetero) is 1. The molecule has 16 heavy (non-hydrogen) atoms. The molecule has 2 aliphatic carbocycles. The van der Waals surface area contributed by atoms with Crippen LogP contribution in [0.1, 0.15) is 46.5 Å². The lowest BCUT2D eigenvalue weighted by molar-refractivity contribution is -0.122. The van der Waals surface area contributed by atoms with Gasteiger partial charge in [-0.15, -0.1) is 0 Å². The number of carbonyl (C=O) groups is 1. The quantitative estimate of drug-likeness (QED) is 0.614. The molecule has 0 amide bonds. The predicted molar refractivity (Wildman–Crippen MR) is 67.1 cm³/mol. The molecule has 2 fully saturated rings. The first-order valence-electron chi connectivity index (χ1n) is 6.68. The summed E-state index contributed by atoms with van der Waals surface area (Å²) in [6, 6.07) is 0. The standard InChI is InChI=1S/C15H24O/c1-9(2)12-6-5-10(3)15-13(8-12)11(4)7-14(15)16/h10-13,15H,1,5-8H2,2-4H3/t10-,11-,12+,13-,15+/m0/s1. The molecule has 1 nitrogen and oxygen atoms in total. The second kappa shape index (κ2) is 4.35. The van der Waals surface area contributed by atoms with Crippen molar-refractivity contribution in [3.63, 3.8) is 0 Å². The van der Waals surface area contributed by atoms with Gasteiger partial charge in [0.2, 0.25) is 0 Å². The van der Waals surface area contributed by atoms with E-state index in [-0.39, 0.29) is 0 Å². The van der Waals surface area contributed by atoms with E-state index in [4.69, 9.17) is 0 Å². The summed E-state index contributed by atoms with van der Waals surface area (Å²) in [7, 11) is 0. The lowest BCUT2D eigenvalue weighted by Gasteiger charge is -2.24. The van der Waals surface area contributed by atoms with Gasteiger partial charge in [0, 0.05) is 12.3 Å². The van der Waals surface area contributed by atoms with Crippen LogP contribution in [0.25, 0.3) is 0 Å². The van der Waals surface area contributed by atoms with Crippen LogP contribution in [0.4, 0.5) is 0 Å². The molecule has 0 saturated heterocycles. The molecule has 5 atom stereocenters. The van der Waals surface area contributed by atoms with Crippen LogP contribution in [0.15, 0.2) is 12.2 Å².